The molecule has 0 spiro atoms. The minimum atomic E-state index is -0.237. The first kappa shape index (κ1) is 11.4. The van der Waals surface area contributed by atoms with Gasteiger partial charge in [0.15, 0.2) is 0 Å². The Balaban J connectivity index is 2.15. The van der Waals surface area contributed by atoms with Gasteiger partial charge in [0.25, 0.3) is 0 Å². The third-order valence-electron chi connectivity index (χ3n) is 3.44. The molecule has 0 heterocycles. The molecule has 0 atom stereocenters. The first-order valence-corrected chi connectivity index (χ1v) is 5.66. The normalized spacial score (nSPS) is 17.2. The maximum Gasteiger partial charge on any atom is 0.127 e. The third kappa shape index (κ3) is 2.35. The van der Waals surface area contributed by atoms with Gasteiger partial charge in [-0.1, -0.05) is 0 Å². The van der Waals surface area contributed by atoms with Crippen molar-refractivity contribution in [3.63, 3.8) is 0 Å². The number of aryl methyl sites for hydroxylation is 1. The molecule has 1 fully saturated rings. The molecule has 0 aromatic heterocycles. The molecule has 1 aliphatic carbocycles. The summed E-state index contributed by atoms with van der Waals surface area (Å²) in [4.78, 5) is 0. The van der Waals surface area contributed by atoms with Crippen molar-refractivity contribution in [2.24, 2.45) is 5.73 Å². The zero-order chi connectivity index (χ0) is 11.8. The predicted molar refractivity (Wildman–Crippen MR) is 62.2 cm³/mol. The number of rotatable bonds is 4. The number of ether oxygens (including phenoxy) is 1. The fraction of sp³-hybridized carbons (Fsp3) is 0.538. The summed E-state index contributed by atoms with van der Waals surface area (Å²) in [7, 11) is 1.57. The highest BCUT2D eigenvalue weighted by Gasteiger charge is 2.37. The monoisotopic (exact) mass is 223 g/mol. The van der Waals surface area contributed by atoms with Crippen LogP contribution in [0.2, 0.25) is 0 Å². The summed E-state index contributed by atoms with van der Waals surface area (Å²) in [6.45, 7) is 1.96. The molecule has 1 aliphatic rings. The lowest BCUT2D eigenvalue weighted by Gasteiger charge is -2.13. The van der Waals surface area contributed by atoms with E-state index in [0.29, 0.717) is 5.75 Å². The maximum atomic E-state index is 13.3. The summed E-state index contributed by atoms with van der Waals surface area (Å²) < 4.78 is 18.5. The van der Waals surface area contributed by atoms with Crippen molar-refractivity contribution in [1.29, 1.82) is 0 Å². The van der Waals surface area contributed by atoms with Crippen LogP contribution in [0.5, 0.6) is 5.75 Å². The van der Waals surface area contributed by atoms with Gasteiger partial charge in [0, 0.05) is 11.6 Å². The molecular formula is C13H18FNO. The summed E-state index contributed by atoms with van der Waals surface area (Å²) in [6, 6.07) is 3.01. The van der Waals surface area contributed by atoms with Crippen LogP contribution in [0.15, 0.2) is 12.1 Å². The SMILES string of the molecule is COc1cc(F)cc(CCC2(N)CC2)c1C. The molecule has 2 N–H and O–H groups in total. The fourth-order valence-corrected chi connectivity index (χ4v) is 1.97. The van der Waals surface area contributed by atoms with Gasteiger partial charge >= 0.3 is 0 Å². The molecule has 1 aromatic carbocycles. The van der Waals surface area contributed by atoms with Gasteiger partial charge in [0.2, 0.25) is 0 Å². The highest BCUT2D eigenvalue weighted by atomic mass is 19.1. The number of hydrogen-bond acceptors (Lipinski definition) is 2. The zero-order valence-electron chi connectivity index (χ0n) is 9.85. The van der Waals surface area contributed by atoms with Gasteiger partial charge in [-0.05, 0) is 49.8 Å². The van der Waals surface area contributed by atoms with Crippen LogP contribution >= 0.6 is 0 Å². The molecule has 0 unspecified atom stereocenters. The Morgan fingerprint density at radius 1 is 1.44 bits per heavy atom. The Hall–Kier alpha value is -1.09. The van der Waals surface area contributed by atoms with Crippen LogP contribution in [0, 0.1) is 12.7 Å². The number of methoxy groups -OCH3 is 1. The lowest BCUT2D eigenvalue weighted by molar-refractivity contribution is 0.407. The van der Waals surface area contributed by atoms with Crippen molar-refractivity contribution in [2.75, 3.05) is 7.11 Å². The summed E-state index contributed by atoms with van der Waals surface area (Å²) in [5, 5.41) is 0. The second-order valence-electron chi connectivity index (χ2n) is 4.75. The van der Waals surface area contributed by atoms with Crippen molar-refractivity contribution in [2.45, 2.75) is 38.1 Å². The third-order valence-corrected chi connectivity index (χ3v) is 3.44. The van der Waals surface area contributed by atoms with E-state index in [4.69, 9.17) is 10.5 Å². The molecule has 16 heavy (non-hydrogen) atoms. The molecule has 3 heteroatoms. The van der Waals surface area contributed by atoms with Crippen LogP contribution < -0.4 is 10.5 Å². The summed E-state index contributed by atoms with van der Waals surface area (Å²) in [6.07, 6.45) is 3.95. The second-order valence-corrected chi connectivity index (χ2v) is 4.75. The van der Waals surface area contributed by atoms with E-state index >= 15 is 0 Å². The van der Waals surface area contributed by atoms with Crippen molar-refractivity contribution >= 4 is 0 Å². The molecule has 0 saturated heterocycles. The minimum Gasteiger partial charge on any atom is -0.496 e. The first-order valence-electron chi connectivity index (χ1n) is 5.66. The number of nitrogens with two attached hydrogens (primary N) is 1. The van der Waals surface area contributed by atoms with Crippen molar-refractivity contribution in [1.82, 2.24) is 0 Å². The highest BCUT2D eigenvalue weighted by Crippen LogP contribution is 2.37. The van der Waals surface area contributed by atoms with Gasteiger partial charge in [0.1, 0.15) is 11.6 Å². The van der Waals surface area contributed by atoms with E-state index in [2.05, 4.69) is 0 Å². The van der Waals surface area contributed by atoms with E-state index < -0.39 is 0 Å². The fourth-order valence-electron chi connectivity index (χ4n) is 1.97. The first-order chi connectivity index (χ1) is 7.54. The minimum absolute atomic E-state index is 0.0198. The van der Waals surface area contributed by atoms with Gasteiger partial charge in [0.05, 0.1) is 7.11 Å². The van der Waals surface area contributed by atoms with E-state index in [1.54, 1.807) is 13.2 Å². The lowest BCUT2D eigenvalue weighted by atomic mass is 9.99. The second kappa shape index (κ2) is 4.06. The van der Waals surface area contributed by atoms with Crippen molar-refractivity contribution in [3.05, 3.63) is 29.1 Å². The van der Waals surface area contributed by atoms with E-state index in [-0.39, 0.29) is 11.4 Å². The molecule has 0 aliphatic heterocycles. The van der Waals surface area contributed by atoms with Crippen LogP contribution in [0.4, 0.5) is 4.39 Å². The molecule has 1 aromatic rings. The van der Waals surface area contributed by atoms with E-state index in [1.807, 2.05) is 6.92 Å². The maximum absolute atomic E-state index is 13.3. The Morgan fingerprint density at radius 3 is 2.69 bits per heavy atom. The predicted octanol–water partition coefficient (Wildman–Crippen LogP) is 2.57. The van der Waals surface area contributed by atoms with Crippen LogP contribution in [0.1, 0.15) is 30.4 Å². The molecular weight excluding hydrogens is 205 g/mol. The molecule has 2 nitrogen and oxygen atoms in total. The van der Waals surface area contributed by atoms with Gasteiger partial charge in [-0.15, -0.1) is 0 Å². The number of hydrogen-bond donors (Lipinski definition) is 1. The molecule has 88 valence electrons. The summed E-state index contributed by atoms with van der Waals surface area (Å²) in [5.74, 6) is 0.385. The lowest BCUT2D eigenvalue weighted by Crippen LogP contribution is -2.22. The van der Waals surface area contributed by atoms with Crippen LogP contribution in [0.3, 0.4) is 0 Å². The van der Waals surface area contributed by atoms with Crippen LogP contribution in [0.25, 0.3) is 0 Å². The van der Waals surface area contributed by atoms with E-state index in [9.17, 15) is 4.39 Å². The average molecular weight is 223 g/mol. The van der Waals surface area contributed by atoms with E-state index in [0.717, 1.165) is 36.8 Å². The zero-order valence-corrected chi connectivity index (χ0v) is 9.85. The molecule has 0 radical (unpaired) electrons. The molecule has 2 rings (SSSR count). The number of benzene rings is 1. The highest BCUT2D eigenvalue weighted by molar-refractivity contribution is 5.40. The molecule has 1 saturated carbocycles. The average Bonchev–Trinajstić information content (AvgIpc) is 2.98. The Labute approximate surface area is 95.6 Å². The largest absolute Gasteiger partial charge is 0.496 e. The smallest absolute Gasteiger partial charge is 0.127 e. The number of halogens is 1. The topological polar surface area (TPSA) is 35.2 Å². The van der Waals surface area contributed by atoms with Crippen LogP contribution in [-0.4, -0.2) is 12.6 Å². The van der Waals surface area contributed by atoms with Gasteiger partial charge < -0.3 is 10.5 Å². The van der Waals surface area contributed by atoms with E-state index in [1.165, 1.54) is 6.07 Å². The molecule has 0 amide bonds. The Bertz CT molecular complexity index is 399. The Kier molecular flexibility index (Phi) is 2.89. The Morgan fingerprint density at radius 2 is 2.12 bits per heavy atom. The van der Waals surface area contributed by atoms with Crippen molar-refractivity contribution < 1.29 is 9.13 Å². The summed E-state index contributed by atoms with van der Waals surface area (Å²) >= 11 is 0. The van der Waals surface area contributed by atoms with Crippen LogP contribution in [-0.2, 0) is 6.42 Å². The van der Waals surface area contributed by atoms with Gasteiger partial charge in [-0.3, -0.25) is 0 Å². The van der Waals surface area contributed by atoms with Gasteiger partial charge in [-0.2, -0.15) is 0 Å². The molecule has 0 bridgehead atoms. The summed E-state index contributed by atoms with van der Waals surface area (Å²) in [5.41, 5.74) is 8.08. The van der Waals surface area contributed by atoms with Gasteiger partial charge in [-0.25, -0.2) is 4.39 Å². The van der Waals surface area contributed by atoms with Crippen molar-refractivity contribution in [3.8, 4) is 5.75 Å². The quantitative estimate of drug-likeness (QED) is 0.851. The standard InChI is InChI=1S/C13H18FNO/c1-9-10(3-4-13(15)5-6-13)7-11(14)8-12(9)16-2/h7-8H,3-6,15H2,1-2H3.